The number of rotatable bonds is 1. The van der Waals surface area contributed by atoms with Crippen molar-refractivity contribution in [1.82, 2.24) is 0 Å². The molecular weight excluding hydrogens is 279 g/mol. The van der Waals surface area contributed by atoms with Crippen LogP contribution in [0.25, 0.3) is 0 Å². The van der Waals surface area contributed by atoms with Gasteiger partial charge in [-0.3, -0.25) is 0 Å². The molecule has 4 aliphatic carbocycles. The van der Waals surface area contributed by atoms with E-state index in [4.69, 9.17) is 33.2 Å². The van der Waals surface area contributed by atoms with Crippen molar-refractivity contribution in [2.75, 3.05) is 0 Å². The van der Waals surface area contributed by atoms with Crippen molar-refractivity contribution in [3.05, 3.63) is 12.2 Å². The van der Waals surface area contributed by atoms with Crippen molar-refractivity contribution < 1.29 is 0 Å². The molecule has 0 saturated heterocycles. The van der Waals surface area contributed by atoms with E-state index in [9.17, 15) is 0 Å². The van der Waals surface area contributed by atoms with Crippen molar-refractivity contribution in [2.24, 2.45) is 35.5 Å². The summed E-state index contributed by atoms with van der Waals surface area (Å²) in [5.41, 5.74) is 0.455. The van der Waals surface area contributed by atoms with Crippen LogP contribution in [0.1, 0.15) is 19.3 Å². The van der Waals surface area contributed by atoms with E-state index in [0.717, 1.165) is 35.5 Å². The van der Waals surface area contributed by atoms with E-state index in [-0.39, 0.29) is 0 Å². The van der Waals surface area contributed by atoms with Crippen LogP contribution in [0, 0.1) is 35.5 Å². The second-order valence-electron chi connectivity index (χ2n) is 6.15. The average molecular weight is 294 g/mol. The highest BCUT2D eigenvalue weighted by atomic mass is 35.8. The highest BCUT2D eigenvalue weighted by Gasteiger charge is 2.64. The molecule has 4 rings (SSSR count). The molecule has 0 aromatic carbocycles. The van der Waals surface area contributed by atoms with Gasteiger partial charge in [-0.1, -0.05) is 12.2 Å². The van der Waals surface area contributed by atoms with Crippen LogP contribution >= 0.6 is 33.2 Å². The van der Waals surface area contributed by atoms with Crippen molar-refractivity contribution in [3.8, 4) is 0 Å². The summed E-state index contributed by atoms with van der Waals surface area (Å²) in [6.45, 7) is 0. The third kappa shape index (κ3) is 1.24. The Balaban J connectivity index is 1.68. The molecule has 0 aliphatic heterocycles. The first-order chi connectivity index (χ1) is 7.55. The lowest BCUT2D eigenvalue weighted by Gasteiger charge is -2.38. The van der Waals surface area contributed by atoms with Crippen LogP contribution in [0.3, 0.4) is 0 Å². The van der Waals surface area contributed by atoms with Gasteiger partial charge in [0.05, 0.1) is 0 Å². The lowest BCUT2D eigenvalue weighted by molar-refractivity contribution is 0.205. The Labute approximate surface area is 111 Å². The lowest BCUT2D eigenvalue weighted by atomic mass is 9.73. The van der Waals surface area contributed by atoms with Crippen LogP contribution < -0.4 is 0 Å². The quantitative estimate of drug-likeness (QED) is 0.289. The number of fused-ring (bicyclic) bond motifs is 9. The molecule has 0 radical (unpaired) electrons. The zero-order valence-electron chi connectivity index (χ0n) is 8.95. The Morgan fingerprint density at radius 3 is 2.25 bits per heavy atom. The summed E-state index contributed by atoms with van der Waals surface area (Å²) in [4.78, 5) is 0. The summed E-state index contributed by atoms with van der Waals surface area (Å²) in [5, 5.41) is 0. The molecule has 0 nitrogen and oxygen atoms in total. The van der Waals surface area contributed by atoms with E-state index >= 15 is 0 Å². The highest BCUT2D eigenvalue weighted by molar-refractivity contribution is 7.65. The van der Waals surface area contributed by atoms with Crippen molar-refractivity contribution in [1.29, 1.82) is 0 Å². The Bertz CT molecular complexity index is 362. The maximum atomic E-state index is 6.28. The monoisotopic (exact) mass is 292 g/mol. The minimum absolute atomic E-state index is 0.455. The van der Waals surface area contributed by atoms with E-state index in [1.165, 1.54) is 19.3 Å². The molecule has 16 heavy (non-hydrogen) atoms. The van der Waals surface area contributed by atoms with E-state index in [0.29, 0.717) is 5.54 Å². The van der Waals surface area contributed by atoms with Crippen LogP contribution in [0.2, 0.25) is 5.54 Å². The normalized spacial score (nSPS) is 57.3. The molecule has 4 bridgehead atoms. The van der Waals surface area contributed by atoms with E-state index in [1.807, 2.05) is 0 Å². The summed E-state index contributed by atoms with van der Waals surface area (Å²) in [6, 6.07) is -2.47. The van der Waals surface area contributed by atoms with Crippen LogP contribution in [-0.2, 0) is 0 Å². The van der Waals surface area contributed by atoms with Gasteiger partial charge >= 0.3 is 6.00 Å². The van der Waals surface area contributed by atoms with Crippen LogP contribution in [0.15, 0.2) is 12.2 Å². The molecule has 4 aliphatic rings. The van der Waals surface area contributed by atoms with Crippen molar-refractivity contribution in [2.45, 2.75) is 24.8 Å². The number of hydrogen-bond donors (Lipinski definition) is 0. The summed E-state index contributed by atoms with van der Waals surface area (Å²) >= 11 is 18.8. The van der Waals surface area contributed by atoms with Gasteiger partial charge in [-0.15, -0.1) is 33.2 Å². The third-order valence-electron chi connectivity index (χ3n) is 5.69. The molecule has 0 aromatic rings. The first-order valence-corrected chi connectivity index (χ1v) is 11.4. The van der Waals surface area contributed by atoms with Crippen molar-refractivity contribution in [3.63, 3.8) is 0 Å². The van der Waals surface area contributed by atoms with Crippen molar-refractivity contribution >= 4 is 39.2 Å². The second-order valence-corrected chi connectivity index (χ2v) is 15.1. The minimum atomic E-state index is -2.47. The van der Waals surface area contributed by atoms with E-state index < -0.39 is 6.00 Å². The fourth-order valence-corrected chi connectivity index (χ4v) is 9.06. The molecule has 3 saturated carbocycles. The summed E-state index contributed by atoms with van der Waals surface area (Å²) < 4.78 is 0. The smallest absolute Gasteiger partial charge is 0.126 e. The standard InChI is InChI=1S/C12H15Cl3Si/c13-16(14,15)10-5-8-4-9(10)12-7-2-1-6(3-7)11(8)12/h1-2,6-12H,3-5H2. The predicted octanol–water partition coefficient (Wildman–Crippen LogP) is 4.49. The SMILES string of the molecule is Cl[Si](Cl)(Cl)C1CC2CC1C1C3C=CC(C3)C21. The maximum absolute atomic E-state index is 6.28. The molecule has 3 fully saturated rings. The molecule has 0 amide bonds. The predicted molar refractivity (Wildman–Crippen MR) is 71.0 cm³/mol. The van der Waals surface area contributed by atoms with E-state index in [2.05, 4.69) is 12.2 Å². The molecule has 4 heteroatoms. The van der Waals surface area contributed by atoms with Gasteiger partial charge in [-0.2, -0.15) is 0 Å². The molecule has 0 N–H and O–H groups in total. The van der Waals surface area contributed by atoms with Gasteiger partial charge in [0.1, 0.15) is 0 Å². The largest absolute Gasteiger partial charge is 0.344 e. The van der Waals surface area contributed by atoms with Gasteiger partial charge in [0.15, 0.2) is 0 Å². The number of halogens is 3. The average Bonchev–Trinajstić information content (AvgIpc) is 2.94. The number of allylic oxidation sites excluding steroid dienone is 2. The van der Waals surface area contributed by atoms with Crippen LogP contribution in [0.5, 0.6) is 0 Å². The Morgan fingerprint density at radius 1 is 0.875 bits per heavy atom. The van der Waals surface area contributed by atoms with Crippen LogP contribution in [-0.4, -0.2) is 6.00 Å². The Morgan fingerprint density at radius 2 is 1.56 bits per heavy atom. The Kier molecular flexibility index (Phi) is 2.16. The molecule has 0 heterocycles. The topological polar surface area (TPSA) is 0 Å². The van der Waals surface area contributed by atoms with Gasteiger partial charge < -0.3 is 0 Å². The second kappa shape index (κ2) is 3.23. The maximum Gasteiger partial charge on any atom is 0.344 e. The fourth-order valence-electron chi connectivity index (χ4n) is 5.39. The molecular formula is C12H15Cl3Si. The third-order valence-corrected chi connectivity index (χ3v) is 9.72. The van der Waals surface area contributed by atoms with E-state index in [1.54, 1.807) is 0 Å². The minimum Gasteiger partial charge on any atom is -0.126 e. The van der Waals surface area contributed by atoms with Crippen LogP contribution in [0.4, 0.5) is 0 Å². The lowest BCUT2D eigenvalue weighted by Crippen LogP contribution is -2.35. The molecule has 88 valence electrons. The first-order valence-electron chi connectivity index (χ1n) is 6.31. The Hall–Kier alpha value is 0.827. The molecule has 7 unspecified atom stereocenters. The van der Waals surface area contributed by atoms with Gasteiger partial charge in [0.25, 0.3) is 0 Å². The highest BCUT2D eigenvalue weighted by Crippen LogP contribution is 2.70. The molecule has 7 atom stereocenters. The summed E-state index contributed by atoms with van der Waals surface area (Å²) in [6.07, 6.45) is 8.88. The zero-order valence-corrected chi connectivity index (χ0v) is 12.2. The summed E-state index contributed by atoms with van der Waals surface area (Å²) in [5.74, 6) is 5.16. The molecule has 0 aromatic heterocycles. The fraction of sp³-hybridized carbons (Fsp3) is 0.833. The zero-order chi connectivity index (χ0) is 11.1. The van der Waals surface area contributed by atoms with Gasteiger partial charge in [-0.25, -0.2) is 0 Å². The number of hydrogen-bond acceptors (Lipinski definition) is 0. The molecule has 0 spiro atoms. The van der Waals surface area contributed by atoms with Gasteiger partial charge in [-0.05, 0) is 60.3 Å². The first kappa shape index (κ1) is 10.7. The summed E-state index contributed by atoms with van der Waals surface area (Å²) in [7, 11) is 0. The van der Waals surface area contributed by atoms with Gasteiger partial charge in [0.2, 0.25) is 0 Å². The van der Waals surface area contributed by atoms with Gasteiger partial charge in [0, 0.05) is 0 Å².